The molecule has 0 fully saturated rings. The molecule has 1 rings (SSSR count). The van der Waals surface area contributed by atoms with Crippen molar-refractivity contribution in [2.24, 2.45) is 0 Å². The molecule has 0 unspecified atom stereocenters. The number of nitrogens with one attached hydrogen (secondary N) is 1. The van der Waals surface area contributed by atoms with Crippen LogP contribution >= 0.6 is 11.3 Å². The van der Waals surface area contributed by atoms with Crippen molar-refractivity contribution >= 4 is 27.7 Å². The zero-order valence-electron chi connectivity index (χ0n) is 12.6. The van der Waals surface area contributed by atoms with Crippen molar-refractivity contribution in [3.05, 3.63) is 29.2 Å². The summed E-state index contributed by atoms with van der Waals surface area (Å²) in [5, 5.41) is 4.55. The maximum absolute atomic E-state index is 5.59. The van der Waals surface area contributed by atoms with E-state index >= 15 is 0 Å². The van der Waals surface area contributed by atoms with Crippen LogP contribution in [0.3, 0.4) is 0 Å². The van der Waals surface area contributed by atoms with Crippen molar-refractivity contribution in [3.63, 3.8) is 0 Å². The van der Waals surface area contributed by atoms with Crippen molar-refractivity contribution in [3.8, 4) is 0 Å². The zero-order chi connectivity index (χ0) is 14.4. The molecule has 0 radical (unpaired) electrons. The van der Waals surface area contributed by atoms with Crippen LogP contribution in [0.15, 0.2) is 13.2 Å². The predicted octanol–water partition coefficient (Wildman–Crippen LogP) is 5.31. The second kappa shape index (κ2) is 7.39. The van der Waals surface area contributed by atoms with Gasteiger partial charge in [-0.05, 0) is 38.3 Å². The molecule has 0 saturated carbocycles. The van der Waals surface area contributed by atoms with E-state index in [-0.39, 0.29) is 0 Å². The Bertz CT molecular complexity index is 460. The maximum Gasteiger partial charge on any atom is 0.122 e. The molecule has 0 amide bonds. The molecule has 0 aliphatic rings. The van der Waals surface area contributed by atoms with Gasteiger partial charge >= 0.3 is 0 Å². The molecule has 1 aromatic heterocycles. The largest absolute Gasteiger partial charge is 0.494 e. The monoisotopic (exact) mass is 279 g/mol. The van der Waals surface area contributed by atoms with Gasteiger partial charge in [-0.3, -0.25) is 0 Å². The van der Waals surface area contributed by atoms with Crippen molar-refractivity contribution in [2.75, 3.05) is 18.5 Å². The van der Waals surface area contributed by atoms with Crippen LogP contribution in [0.4, 0.5) is 5.00 Å². The van der Waals surface area contributed by atoms with E-state index in [1.165, 1.54) is 16.0 Å². The molecule has 1 aromatic rings. The van der Waals surface area contributed by atoms with Gasteiger partial charge in [0.1, 0.15) is 10.8 Å². The molecule has 3 heteroatoms. The average molecular weight is 279 g/mol. The molecule has 106 valence electrons. The van der Waals surface area contributed by atoms with E-state index in [1.807, 2.05) is 6.92 Å². The molecule has 0 aliphatic heterocycles. The highest BCUT2D eigenvalue weighted by molar-refractivity contribution is 7.17. The first kappa shape index (κ1) is 15.8. The summed E-state index contributed by atoms with van der Waals surface area (Å²) in [5.74, 6) is 0.753. The van der Waals surface area contributed by atoms with E-state index < -0.39 is 0 Å². The first-order chi connectivity index (χ1) is 9.06. The minimum absolute atomic E-state index is 0.644. The Hall–Kier alpha value is -1.22. The first-order valence-electron chi connectivity index (χ1n) is 6.94. The van der Waals surface area contributed by atoms with Gasteiger partial charge in [0.05, 0.1) is 12.2 Å². The Morgan fingerprint density at radius 2 is 1.95 bits per heavy atom. The van der Waals surface area contributed by atoms with E-state index in [4.69, 9.17) is 4.74 Å². The highest BCUT2D eigenvalue weighted by Crippen LogP contribution is 2.41. The molecule has 1 heterocycles. The van der Waals surface area contributed by atoms with E-state index in [9.17, 15) is 0 Å². The van der Waals surface area contributed by atoms with Crippen LogP contribution in [0.2, 0.25) is 0 Å². The molecule has 0 aliphatic carbocycles. The Balaban J connectivity index is 3.19. The lowest BCUT2D eigenvalue weighted by atomic mass is 10.0. The maximum atomic E-state index is 5.59. The molecule has 2 nitrogen and oxygen atoms in total. The standard InChI is InChI=1S/C16H25NOS/c1-7-10-11(4)15-12(5)14(13(6)18-9-3)16(19-15)17-8-2/h17H,4,6-10H2,1-3,5H3. The molecule has 0 aromatic carbocycles. The fraction of sp³-hybridized carbons (Fsp3) is 0.500. The summed E-state index contributed by atoms with van der Waals surface area (Å²) in [7, 11) is 0. The van der Waals surface area contributed by atoms with Crippen molar-refractivity contribution < 1.29 is 4.74 Å². The highest BCUT2D eigenvalue weighted by Gasteiger charge is 2.19. The number of rotatable bonds is 8. The smallest absolute Gasteiger partial charge is 0.122 e. The summed E-state index contributed by atoms with van der Waals surface area (Å²) in [6.45, 7) is 18.2. The molecular formula is C16H25NOS. The third-order valence-corrected chi connectivity index (χ3v) is 4.31. The number of thiophene rings is 1. The number of anilines is 1. The van der Waals surface area contributed by atoms with Gasteiger partial charge in [-0.2, -0.15) is 0 Å². The van der Waals surface area contributed by atoms with E-state index in [0.717, 1.165) is 35.7 Å². The Kier molecular flexibility index (Phi) is 6.16. The zero-order valence-corrected chi connectivity index (χ0v) is 13.4. The molecule has 0 saturated heterocycles. The number of allylic oxidation sites excluding steroid dienone is 1. The predicted molar refractivity (Wildman–Crippen MR) is 87.8 cm³/mol. The van der Waals surface area contributed by atoms with Crippen LogP contribution in [0.5, 0.6) is 0 Å². The second-order valence-electron chi connectivity index (χ2n) is 4.50. The quantitative estimate of drug-likeness (QED) is 0.651. The minimum atomic E-state index is 0.644. The van der Waals surface area contributed by atoms with Gasteiger partial charge in [0, 0.05) is 11.4 Å². The van der Waals surface area contributed by atoms with Gasteiger partial charge < -0.3 is 10.1 Å². The lowest BCUT2D eigenvalue weighted by molar-refractivity contribution is 0.299. The Morgan fingerprint density at radius 3 is 2.47 bits per heavy atom. The third-order valence-electron chi connectivity index (χ3n) is 2.95. The lowest BCUT2D eigenvalue weighted by Gasteiger charge is -2.10. The molecule has 0 atom stereocenters. The SMILES string of the molecule is C=C(CCC)c1sc(NCC)c(C(=C)OCC)c1C. The van der Waals surface area contributed by atoms with Crippen molar-refractivity contribution in [1.82, 2.24) is 0 Å². The van der Waals surface area contributed by atoms with Crippen LogP contribution < -0.4 is 5.32 Å². The van der Waals surface area contributed by atoms with Crippen LogP contribution in [0, 0.1) is 6.92 Å². The Labute approximate surface area is 121 Å². The molecule has 0 bridgehead atoms. The lowest BCUT2D eigenvalue weighted by Crippen LogP contribution is -1.99. The molecule has 19 heavy (non-hydrogen) atoms. The van der Waals surface area contributed by atoms with Gasteiger partial charge in [0.25, 0.3) is 0 Å². The van der Waals surface area contributed by atoms with Crippen molar-refractivity contribution in [1.29, 1.82) is 0 Å². The van der Waals surface area contributed by atoms with Gasteiger partial charge in [-0.15, -0.1) is 11.3 Å². The third kappa shape index (κ3) is 3.63. The molecule has 1 N–H and O–H groups in total. The summed E-state index contributed by atoms with van der Waals surface area (Å²) in [4.78, 5) is 1.27. The number of ether oxygens (including phenoxy) is 1. The summed E-state index contributed by atoms with van der Waals surface area (Å²) >= 11 is 1.76. The Morgan fingerprint density at radius 1 is 1.26 bits per heavy atom. The van der Waals surface area contributed by atoms with Gasteiger partial charge in [0.2, 0.25) is 0 Å². The van der Waals surface area contributed by atoms with Crippen molar-refractivity contribution in [2.45, 2.75) is 40.5 Å². The molecule has 0 spiro atoms. The van der Waals surface area contributed by atoms with Gasteiger partial charge in [-0.1, -0.05) is 26.5 Å². The van der Waals surface area contributed by atoms with E-state index in [0.29, 0.717) is 6.61 Å². The van der Waals surface area contributed by atoms with Crippen LogP contribution in [-0.2, 0) is 4.74 Å². The normalized spacial score (nSPS) is 10.3. The fourth-order valence-electron chi connectivity index (χ4n) is 2.13. The van der Waals surface area contributed by atoms with Crippen LogP contribution in [0.1, 0.15) is 49.6 Å². The van der Waals surface area contributed by atoms with E-state index in [2.05, 4.69) is 39.2 Å². The van der Waals surface area contributed by atoms with Gasteiger partial charge in [0.15, 0.2) is 0 Å². The van der Waals surface area contributed by atoms with Gasteiger partial charge in [-0.25, -0.2) is 0 Å². The number of hydrogen-bond donors (Lipinski definition) is 1. The summed E-state index contributed by atoms with van der Waals surface area (Å²) in [6, 6.07) is 0. The van der Waals surface area contributed by atoms with Crippen LogP contribution in [-0.4, -0.2) is 13.2 Å². The summed E-state index contributed by atoms with van der Waals surface area (Å²) < 4.78 is 5.59. The highest BCUT2D eigenvalue weighted by atomic mass is 32.1. The summed E-state index contributed by atoms with van der Waals surface area (Å²) in [6.07, 6.45) is 2.15. The van der Waals surface area contributed by atoms with Crippen LogP contribution in [0.25, 0.3) is 11.3 Å². The number of hydrogen-bond acceptors (Lipinski definition) is 3. The molecular weight excluding hydrogens is 254 g/mol. The second-order valence-corrected chi connectivity index (χ2v) is 5.52. The first-order valence-corrected chi connectivity index (χ1v) is 7.75. The topological polar surface area (TPSA) is 21.3 Å². The summed E-state index contributed by atoms with van der Waals surface area (Å²) in [5.41, 5.74) is 3.55. The van der Waals surface area contributed by atoms with E-state index in [1.54, 1.807) is 11.3 Å². The fourth-order valence-corrected chi connectivity index (χ4v) is 3.42. The minimum Gasteiger partial charge on any atom is -0.494 e. The average Bonchev–Trinajstić information content (AvgIpc) is 2.67.